The maximum absolute atomic E-state index is 13.4. The lowest BCUT2D eigenvalue weighted by Crippen LogP contribution is -2.12. The van der Waals surface area contributed by atoms with Crippen LogP contribution >= 0.6 is 15.9 Å². The number of benzene rings is 1. The van der Waals surface area contributed by atoms with Gasteiger partial charge < -0.3 is 5.32 Å². The molecule has 2 aromatic rings. The molecule has 1 aromatic carbocycles. The average Bonchev–Trinajstić information content (AvgIpc) is 2.33. The van der Waals surface area contributed by atoms with Gasteiger partial charge in [-0.1, -0.05) is 6.07 Å². The quantitative estimate of drug-likeness (QED) is 0.914. The van der Waals surface area contributed by atoms with Crippen LogP contribution in [-0.2, 0) is 6.54 Å². The summed E-state index contributed by atoms with van der Waals surface area (Å²) in [7, 11) is 0. The first-order valence-corrected chi connectivity index (χ1v) is 5.78. The lowest BCUT2D eigenvalue weighted by molar-refractivity contribution is 0.574. The van der Waals surface area contributed by atoms with Crippen LogP contribution in [0.25, 0.3) is 0 Å². The molecule has 0 saturated carbocycles. The van der Waals surface area contributed by atoms with Gasteiger partial charge >= 0.3 is 0 Å². The minimum atomic E-state index is -0.642. The van der Waals surface area contributed by atoms with Crippen molar-refractivity contribution in [2.45, 2.75) is 6.54 Å². The highest BCUT2D eigenvalue weighted by molar-refractivity contribution is 9.10. The Bertz CT molecular complexity index is 630. The summed E-state index contributed by atoms with van der Waals surface area (Å²) in [5, 5.41) is 8.69. The third-order valence-corrected chi connectivity index (χ3v) is 3.07. The summed E-state index contributed by atoms with van der Waals surface area (Å²) in [6.07, 6.45) is 1.40. The van der Waals surface area contributed by atoms with Crippen LogP contribution in [0.4, 0.5) is 14.5 Å². The smallest absolute Gasteiger partial charge is 0.280 e. The molecule has 0 fully saturated rings. The van der Waals surface area contributed by atoms with Gasteiger partial charge in [-0.05, 0) is 22.0 Å². The molecule has 1 aromatic heterocycles. The fraction of sp³-hybridized carbons (Fsp3) is 0.0909. The van der Waals surface area contributed by atoms with Crippen LogP contribution in [0.2, 0.25) is 0 Å². The maximum Gasteiger partial charge on any atom is 0.280 e. The minimum absolute atomic E-state index is 0.121. The highest BCUT2D eigenvalue weighted by Crippen LogP contribution is 2.17. The summed E-state index contributed by atoms with van der Waals surface area (Å²) in [5.41, 5.74) is 0.339. The first-order valence-electron chi connectivity index (χ1n) is 4.99. The van der Waals surface area contributed by atoms with Gasteiger partial charge in [0, 0.05) is 18.2 Å². The number of anilines is 1. The third kappa shape index (κ3) is 2.73. The number of rotatable bonds is 3. The van der Waals surface area contributed by atoms with E-state index < -0.39 is 11.6 Å². The van der Waals surface area contributed by atoms with E-state index in [-0.39, 0.29) is 16.6 Å². The first-order chi connectivity index (χ1) is 8.58. The molecule has 0 aliphatic heterocycles. The summed E-state index contributed by atoms with van der Waals surface area (Å²) in [4.78, 5) is 11.2. The Morgan fingerprint density at radius 2 is 2.17 bits per heavy atom. The predicted octanol–water partition coefficient (Wildman–Crippen LogP) is 2.42. The topological polar surface area (TPSA) is 57.8 Å². The van der Waals surface area contributed by atoms with Gasteiger partial charge in [0.05, 0.1) is 11.9 Å². The second-order valence-electron chi connectivity index (χ2n) is 3.52. The normalized spacial score (nSPS) is 10.4. The summed E-state index contributed by atoms with van der Waals surface area (Å²) in [6, 6.07) is 3.32. The van der Waals surface area contributed by atoms with E-state index in [0.717, 1.165) is 6.07 Å². The molecule has 2 rings (SSSR count). The van der Waals surface area contributed by atoms with Crippen molar-refractivity contribution in [3.8, 4) is 0 Å². The Labute approximate surface area is 109 Å². The number of hydrogen-bond acceptors (Lipinski definition) is 3. The van der Waals surface area contributed by atoms with Crippen molar-refractivity contribution in [2.24, 2.45) is 0 Å². The number of hydrogen-bond donors (Lipinski definition) is 2. The Hall–Kier alpha value is -1.76. The van der Waals surface area contributed by atoms with Gasteiger partial charge in [-0.15, -0.1) is 0 Å². The van der Waals surface area contributed by atoms with Crippen molar-refractivity contribution < 1.29 is 8.78 Å². The van der Waals surface area contributed by atoms with Crippen molar-refractivity contribution >= 4 is 21.6 Å². The number of nitrogens with one attached hydrogen (secondary N) is 2. The standard InChI is InChI=1S/C11H8BrF2N3O/c12-10-9(5-16-17-11(10)18)15-4-6-1-2-7(13)3-8(6)14/h1-3,5H,4H2,(H2,15,17,18). The van der Waals surface area contributed by atoms with Gasteiger partial charge in [0.25, 0.3) is 5.56 Å². The van der Waals surface area contributed by atoms with E-state index >= 15 is 0 Å². The van der Waals surface area contributed by atoms with Crippen LogP contribution in [0.1, 0.15) is 5.56 Å². The van der Waals surface area contributed by atoms with Crippen molar-refractivity contribution in [3.05, 3.63) is 56.4 Å². The van der Waals surface area contributed by atoms with Crippen LogP contribution in [-0.4, -0.2) is 10.2 Å². The second kappa shape index (κ2) is 5.26. The minimum Gasteiger partial charge on any atom is -0.378 e. The predicted molar refractivity (Wildman–Crippen MR) is 66.2 cm³/mol. The zero-order chi connectivity index (χ0) is 13.1. The molecule has 0 aliphatic carbocycles. The zero-order valence-corrected chi connectivity index (χ0v) is 10.6. The second-order valence-corrected chi connectivity index (χ2v) is 4.31. The van der Waals surface area contributed by atoms with Gasteiger partial charge in [-0.25, -0.2) is 13.9 Å². The molecule has 0 bridgehead atoms. The molecule has 0 saturated heterocycles. The van der Waals surface area contributed by atoms with Crippen LogP contribution in [0.5, 0.6) is 0 Å². The van der Waals surface area contributed by atoms with Crippen molar-refractivity contribution in [1.82, 2.24) is 10.2 Å². The first kappa shape index (κ1) is 12.7. The molecular weight excluding hydrogens is 308 g/mol. The molecule has 4 nitrogen and oxygen atoms in total. The fourth-order valence-electron chi connectivity index (χ4n) is 1.36. The number of H-pyrrole nitrogens is 1. The summed E-state index contributed by atoms with van der Waals surface area (Å²) in [5.74, 6) is -1.27. The van der Waals surface area contributed by atoms with Gasteiger partial charge in [0.15, 0.2) is 0 Å². The summed E-state index contributed by atoms with van der Waals surface area (Å²) >= 11 is 3.08. The summed E-state index contributed by atoms with van der Waals surface area (Å²) < 4.78 is 26.3. The molecule has 0 unspecified atom stereocenters. The molecule has 7 heteroatoms. The average molecular weight is 316 g/mol. The molecule has 94 valence electrons. The number of nitrogens with zero attached hydrogens (tertiary/aromatic N) is 1. The lowest BCUT2D eigenvalue weighted by atomic mass is 10.2. The van der Waals surface area contributed by atoms with Gasteiger partial charge in [0.2, 0.25) is 0 Å². The van der Waals surface area contributed by atoms with E-state index in [1.54, 1.807) is 0 Å². The molecule has 0 spiro atoms. The third-order valence-electron chi connectivity index (χ3n) is 2.28. The molecule has 0 amide bonds. The van der Waals surface area contributed by atoms with E-state index in [1.165, 1.54) is 18.3 Å². The van der Waals surface area contributed by atoms with E-state index in [2.05, 4.69) is 31.4 Å². The Kier molecular flexibility index (Phi) is 3.71. The van der Waals surface area contributed by atoms with E-state index in [1.807, 2.05) is 0 Å². The van der Waals surface area contributed by atoms with Crippen molar-refractivity contribution in [1.29, 1.82) is 0 Å². The van der Waals surface area contributed by atoms with Crippen LogP contribution < -0.4 is 10.9 Å². The molecule has 0 radical (unpaired) electrons. The van der Waals surface area contributed by atoms with Gasteiger partial charge in [-0.3, -0.25) is 4.79 Å². The number of aromatic amines is 1. The van der Waals surface area contributed by atoms with Crippen LogP contribution in [0.15, 0.2) is 33.7 Å². The summed E-state index contributed by atoms with van der Waals surface area (Å²) in [6.45, 7) is 0.121. The SMILES string of the molecule is O=c1[nH]ncc(NCc2ccc(F)cc2F)c1Br. The molecule has 0 aliphatic rings. The largest absolute Gasteiger partial charge is 0.378 e. The van der Waals surface area contributed by atoms with Gasteiger partial charge in [-0.2, -0.15) is 5.10 Å². The molecular formula is C11H8BrF2N3O. The number of halogens is 3. The van der Waals surface area contributed by atoms with Crippen molar-refractivity contribution in [2.75, 3.05) is 5.32 Å². The Balaban J connectivity index is 2.16. The molecule has 18 heavy (non-hydrogen) atoms. The van der Waals surface area contributed by atoms with E-state index in [4.69, 9.17) is 0 Å². The van der Waals surface area contributed by atoms with E-state index in [0.29, 0.717) is 11.3 Å². The zero-order valence-electron chi connectivity index (χ0n) is 9.01. The monoisotopic (exact) mass is 315 g/mol. The molecule has 0 atom stereocenters. The Morgan fingerprint density at radius 3 is 2.89 bits per heavy atom. The lowest BCUT2D eigenvalue weighted by Gasteiger charge is -2.08. The maximum atomic E-state index is 13.4. The van der Waals surface area contributed by atoms with Crippen LogP contribution in [0, 0.1) is 11.6 Å². The Morgan fingerprint density at radius 1 is 1.39 bits per heavy atom. The van der Waals surface area contributed by atoms with Crippen LogP contribution in [0.3, 0.4) is 0 Å². The van der Waals surface area contributed by atoms with Gasteiger partial charge in [0.1, 0.15) is 16.1 Å². The number of aromatic nitrogens is 2. The van der Waals surface area contributed by atoms with Crippen molar-refractivity contribution in [3.63, 3.8) is 0 Å². The fourth-order valence-corrected chi connectivity index (χ4v) is 1.69. The molecule has 1 heterocycles. The molecule has 2 N–H and O–H groups in total. The highest BCUT2D eigenvalue weighted by Gasteiger charge is 2.07. The van der Waals surface area contributed by atoms with E-state index in [9.17, 15) is 13.6 Å². The highest BCUT2D eigenvalue weighted by atomic mass is 79.9.